The lowest BCUT2D eigenvalue weighted by Crippen LogP contribution is -2.70. The van der Waals surface area contributed by atoms with Crippen LogP contribution in [0.4, 0.5) is 0 Å². The number of esters is 1. The van der Waals surface area contributed by atoms with E-state index in [-0.39, 0.29) is 17.4 Å². The Hall–Kier alpha value is -1.91. The predicted molar refractivity (Wildman–Crippen MR) is 129 cm³/mol. The molecule has 174 valence electrons. The summed E-state index contributed by atoms with van der Waals surface area (Å²) in [5, 5.41) is 12.1. The zero-order valence-electron chi connectivity index (χ0n) is 20.0. The number of likely N-dealkylation sites (tertiary alicyclic amines) is 1. The Bertz CT molecular complexity index is 883. The Balaban J connectivity index is 1.66. The molecule has 0 spiro atoms. The maximum absolute atomic E-state index is 12.2. The van der Waals surface area contributed by atoms with Crippen LogP contribution in [0.3, 0.4) is 0 Å². The predicted octanol–water partition coefficient (Wildman–Crippen LogP) is 5.33. The summed E-state index contributed by atoms with van der Waals surface area (Å²) >= 11 is 0. The van der Waals surface area contributed by atoms with E-state index in [1.54, 1.807) is 6.08 Å². The van der Waals surface area contributed by atoms with Crippen molar-refractivity contribution < 1.29 is 14.6 Å². The highest BCUT2D eigenvalue weighted by Gasteiger charge is 2.60. The van der Waals surface area contributed by atoms with E-state index in [1.807, 2.05) is 31.2 Å². The van der Waals surface area contributed by atoms with Crippen LogP contribution in [0.2, 0.25) is 0 Å². The Morgan fingerprint density at radius 1 is 1.31 bits per heavy atom. The molecule has 2 bridgehead atoms. The van der Waals surface area contributed by atoms with Crippen molar-refractivity contribution in [2.24, 2.45) is 5.92 Å². The minimum atomic E-state index is -0.800. The Morgan fingerprint density at radius 2 is 2.12 bits per heavy atom. The summed E-state index contributed by atoms with van der Waals surface area (Å²) in [6.07, 6.45) is 15.8. The number of carbonyl (C=O) groups is 1. The van der Waals surface area contributed by atoms with E-state index < -0.39 is 5.60 Å². The van der Waals surface area contributed by atoms with Gasteiger partial charge in [0.25, 0.3) is 0 Å². The van der Waals surface area contributed by atoms with Crippen LogP contribution in [-0.4, -0.2) is 40.7 Å². The highest BCUT2D eigenvalue weighted by atomic mass is 16.5. The smallest absolute Gasteiger partial charge is 0.336 e. The van der Waals surface area contributed by atoms with Gasteiger partial charge in [-0.15, -0.1) is 0 Å². The summed E-state index contributed by atoms with van der Waals surface area (Å²) in [5.74, 6) is 0.995. The fraction of sp³-hybridized carbons (Fsp3) is 0.607. The third-order valence-electron chi connectivity index (χ3n) is 8.32. The fourth-order valence-electron chi connectivity index (χ4n) is 6.22. The first kappa shape index (κ1) is 23.3. The molecule has 4 nitrogen and oxygen atoms in total. The largest absolute Gasteiger partial charge is 0.423 e. The van der Waals surface area contributed by atoms with Crippen molar-refractivity contribution in [3.8, 4) is 5.75 Å². The maximum Gasteiger partial charge on any atom is 0.336 e. The van der Waals surface area contributed by atoms with Gasteiger partial charge in [-0.05, 0) is 81.7 Å². The van der Waals surface area contributed by atoms with Crippen molar-refractivity contribution in [3.63, 3.8) is 0 Å². The second kappa shape index (κ2) is 9.52. The monoisotopic (exact) mass is 437 g/mol. The van der Waals surface area contributed by atoms with Gasteiger partial charge in [-0.1, -0.05) is 50.5 Å². The van der Waals surface area contributed by atoms with E-state index in [0.717, 1.165) is 51.1 Å². The van der Waals surface area contributed by atoms with Gasteiger partial charge in [-0.2, -0.15) is 0 Å². The van der Waals surface area contributed by atoms with Gasteiger partial charge in [0.15, 0.2) is 0 Å². The molecule has 0 radical (unpaired) electrons. The molecule has 1 aliphatic heterocycles. The SMILES string of the molecule is C/C=C/C=C/C(=O)Oc1ccc2c(c1)[C@]1(CCCC)CCN(CC3CCC3)[C@H](C2)[C@@]1(C)O. The van der Waals surface area contributed by atoms with Gasteiger partial charge >= 0.3 is 5.97 Å². The molecule has 4 rings (SSSR count). The number of carbonyl (C=O) groups excluding carboxylic acids is 1. The molecule has 3 atom stereocenters. The Kier molecular flexibility index (Phi) is 6.92. The number of fused-ring (bicyclic) bond motifs is 4. The van der Waals surface area contributed by atoms with E-state index in [2.05, 4.69) is 24.8 Å². The molecule has 1 N–H and O–H groups in total. The van der Waals surface area contributed by atoms with Crippen LogP contribution < -0.4 is 4.74 Å². The van der Waals surface area contributed by atoms with E-state index in [4.69, 9.17) is 4.74 Å². The fourth-order valence-corrected chi connectivity index (χ4v) is 6.22. The zero-order valence-corrected chi connectivity index (χ0v) is 20.0. The van der Waals surface area contributed by atoms with E-state index in [1.165, 1.54) is 36.5 Å². The molecular weight excluding hydrogens is 398 g/mol. The molecule has 1 saturated carbocycles. The number of hydrogen-bond donors (Lipinski definition) is 1. The van der Waals surface area contributed by atoms with Gasteiger partial charge in [0, 0.05) is 24.1 Å². The van der Waals surface area contributed by atoms with Crippen LogP contribution >= 0.6 is 0 Å². The first-order valence-corrected chi connectivity index (χ1v) is 12.5. The molecule has 3 aliphatic rings. The van der Waals surface area contributed by atoms with E-state index in [9.17, 15) is 9.90 Å². The molecule has 2 aliphatic carbocycles. The van der Waals surface area contributed by atoms with Gasteiger partial charge in [-0.25, -0.2) is 4.79 Å². The number of benzene rings is 1. The summed E-state index contributed by atoms with van der Waals surface area (Å²) in [6, 6.07) is 6.24. The standard InChI is InChI=1S/C28H39NO3/c1-4-6-8-12-26(30)32-23-14-13-22-18-25-27(3,31)28(15-7-5-2,24(22)19-23)16-17-29(25)20-21-10-9-11-21/h4,6,8,12-14,19,21,25,31H,5,7,9-11,15-18,20H2,1-3H3/b6-4+,12-8+/t25-,27-,28+/m1/s1. The van der Waals surface area contributed by atoms with Crippen molar-refractivity contribution in [2.45, 2.75) is 89.2 Å². The number of allylic oxidation sites excluding steroid dienone is 3. The second-order valence-electron chi connectivity index (χ2n) is 10.2. The minimum absolute atomic E-state index is 0.151. The molecule has 32 heavy (non-hydrogen) atoms. The average molecular weight is 438 g/mol. The molecule has 1 saturated heterocycles. The lowest BCUT2D eigenvalue weighted by Gasteiger charge is -2.61. The Morgan fingerprint density at radius 3 is 2.81 bits per heavy atom. The third kappa shape index (κ3) is 4.20. The van der Waals surface area contributed by atoms with Crippen molar-refractivity contribution in [1.29, 1.82) is 0 Å². The molecule has 1 aromatic carbocycles. The molecule has 2 fully saturated rings. The summed E-state index contributed by atoms with van der Waals surface area (Å²) in [5.41, 5.74) is 1.41. The number of rotatable bonds is 8. The lowest BCUT2D eigenvalue weighted by atomic mass is 9.53. The van der Waals surface area contributed by atoms with Gasteiger partial charge in [0.2, 0.25) is 0 Å². The summed E-state index contributed by atoms with van der Waals surface area (Å²) in [6.45, 7) is 8.35. The Labute approximate surface area is 193 Å². The first-order chi connectivity index (χ1) is 15.4. The third-order valence-corrected chi connectivity index (χ3v) is 8.32. The second-order valence-corrected chi connectivity index (χ2v) is 10.2. The molecule has 0 unspecified atom stereocenters. The molecular formula is C28H39NO3. The number of hydrogen-bond acceptors (Lipinski definition) is 4. The molecule has 0 aromatic heterocycles. The first-order valence-electron chi connectivity index (χ1n) is 12.5. The zero-order chi connectivity index (χ0) is 22.8. The molecule has 4 heteroatoms. The van der Waals surface area contributed by atoms with Crippen molar-refractivity contribution >= 4 is 5.97 Å². The minimum Gasteiger partial charge on any atom is -0.423 e. The van der Waals surface area contributed by atoms with Gasteiger partial charge < -0.3 is 9.84 Å². The van der Waals surface area contributed by atoms with Crippen LogP contribution in [0.25, 0.3) is 0 Å². The lowest BCUT2D eigenvalue weighted by molar-refractivity contribution is -0.142. The van der Waals surface area contributed by atoms with Gasteiger partial charge in [-0.3, -0.25) is 4.90 Å². The maximum atomic E-state index is 12.2. The topological polar surface area (TPSA) is 49.8 Å². The highest BCUT2D eigenvalue weighted by Crippen LogP contribution is 2.54. The van der Waals surface area contributed by atoms with Crippen molar-refractivity contribution in [3.05, 3.63) is 53.6 Å². The summed E-state index contributed by atoms with van der Waals surface area (Å²) in [4.78, 5) is 14.8. The number of unbranched alkanes of at least 4 members (excludes halogenated alkanes) is 1. The van der Waals surface area contributed by atoms with Gasteiger partial charge in [0.1, 0.15) is 5.75 Å². The van der Waals surface area contributed by atoms with Crippen LogP contribution in [0.1, 0.15) is 76.8 Å². The molecule has 1 aromatic rings. The number of aliphatic hydroxyl groups is 1. The average Bonchev–Trinajstić information content (AvgIpc) is 2.72. The van der Waals surface area contributed by atoms with Crippen LogP contribution in [0, 0.1) is 5.92 Å². The quantitative estimate of drug-likeness (QED) is 0.258. The molecule has 0 amide bonds. The van der Waals surface area contributed by atoms with Crippen LogP contribution in [-0.2, 0) is 16.6 Å². The number of nitrogens with zero attached hydrogens (tertiary/aromatic N) is 1. The highest BCUT2D eigenvalue weighted by molar-refractivity contribution is 5.84. The summed E-state index contributed by atoms with van der Waals surface area (Å²) < 4.78 is 5.63. The van der Waals surface area contributed by atoms with Crippen molar-refractivity contribution in [2.75, 3.05) is 13.1 Å². The summed E-state index contributed by atoms with van der Waals surface area (Å²) in [7, 11) is 0. The van der Waals surface area contributed by atoms with Crippen LogP contribution in [0.15, 0.2) is 42.5 Å². The number of piperidine rings is 1. The molecule has 1 heterocycles. The van der Waals surface area contributed by atoms with E-state index in [0.29, 0.717) is 5.75 Å². The van der Waals surface area contributed by atoms with Crippen molar-refractivity contribution in [1.82, 2.24) is 4.90 Å². The van der Waals surface area contributed by atoms with Gasteiger partial charge in [0.05, 0.1) is 5.60 Å². The van der Waals surface area contributed by atoms with Crippen LogP contribution in [0.5, 0.6) is 5.75 Å². The van der Waals surface area contributed by atoms with E-state index >= 15 is 0 Å². The number of ether oxygens (including phenoxy) is 1. The normalized spacial score (nSPS) is 30.4.